The minimum atomic E-state index is -0.136. The number of aliphatic hydroxyl groups is 1. The van der Waals surface area contributed by atoms with Crippen LogP contribution in [0.1, 0.15) is 5.69 Å². The second-order valence-corrected chi connectivity index (χ2v) is 4.66. The highest BCUT2D eigenvalue weighted by molar-refractivity contribution is 9.10. The van der Waals surface area contributed by atoms with Crippen molar-refractivity contribution in [2.24, 2.45) is 0 Å². The van der Waals surface area contributed by atoms with Gasteiger partial charge in [0, 0.05) is 4.47 Å². The maximum absolute atomic E-state index is 11.1. The maximum Gasteiger partial charge on any atom is 0.214 e. The van der Waals surface area contributed by atoms with Gasteiger partial charge in [-0.05, 0) is 33.8 Å². The molecule has 0 radical (unpaired) electrons. The number of aromatic nitrogens is 1. The SMILES string of the molecule is O=C1CNc2cc(Br)c(CO)nc2S1. The Labute approximate surface area is 93.2 Å². The molecule has 0 saturated heterocycles. The summed E-state index contributed by atoms with van der Waals surface area (Å²) in [5.74, 6) is 0. The number of hydrogen-bond acceptors (Lipinski definition) is 5. The first kappa shape index (κ1) is 9.95. The van der Waals surface area contributed by atoms with Gasteiger partial charge in [0.1, 0.15) is 5.03 Å². The van der Waals surface area contributed by atoms with Crippen LogP contribution in [0.4, 0.5) is 5.69 Å². The van der Waals surface area contributed by atoms with E-state index in [9.17, 15) is 4.79 Å². The van der Waals surface area contributed by atoms with Crippen molar-refractivity contribution in [1.29, 1.82) is 0 Å². The second-order valence-electron chi connectivity index (χ2n) is 2.76. The number of hydrogen-bond donors (Lipinski definition) is 2. The van der Waals surface area contributed by atoms with E-state index < -0.39 is 0 Å². The van der Waals surface area contributed by atoms with E-state index in [0.29, 0.717) is 17.3 Å². The number of halogens is 1. The molecule has 0 atom stereocenters. The summed E-state index contributed by atoms with van der Waals surface area (Å²) in [6.07, 6.45) is 0. The molecule has 4 nitrogen and oxygen atoms in total. The van der Waals surface area contributed by atoms with E-state index in [1.807, 2.05) is 6.07 Å². The number of fused-ring (bicyclic) bond motifs is 1. The Kier molecular flexibility index (Phi) is 2.76. The number of anilines is 1. The van der Waals surface area contributed by atoms with E-state index in [1.165, 1.54) is 0 Å². The van der Waals surface area contributed by atoms with Crippen molar-refractivity contribution in [3.8, 4) is 0 Å². The van der Waals surface area contributed by atoms with Crippen molar-refractivity contribution in [1.82, 2.24) is 4.98 Å². The van der Waals surface area contributed by atoms with Gasteiger partial charge in [0.05, 0.1) is 24.5 Å². The van der Waals surface area contributed by atoms with Crippen LogP contribution in [0.2, 0.25) is 0 Å². The molecule has 1 aliphatic heterocycles. The monoisotopic (exact) mass is 274 g/mol. The quantitative estimate of drug-likeness (QED) is 0.810. The molecular weight excluding hydrogens is 268 g/mol. The summed E-state index contributed by atoms with van der Waals surface area (Å²) in [5.41, 5.74) is 1.38. The van der Waals surface area contributed by atoms with Crippen LogP contribution < -0.4 is 5.32 Å². The summed E-state index contributed by atoms with van der Waals surface area (Å²) in [4.78, 5) is 15.3. The number of nitrogens with zero attached hydrogens (tertiary/aromatic N) is 1. The fraction of sp³-hybridized carbons (Fsp3) is 0.250. The Hall–Kier alpha value is -0.590. The Bertz CT molecular complexity index is 397. The van der Waals surface area contributed by atoms with Crippen molar-refractivity contribution in [2.75, 3.05) is 11.9 Å². The number of aliphatic hydroxyl groups excluding tert-OH is 1. The highest BCUT2D eigenvalue weighted by Crippen LogP contribution is 2.33. The topological polar surface area (TPSA) is 62.2 Å². The minimum Gasteiger partial charge on any atom is -0.390 e. The summed E-state index contributed by atoms with van der Waals surface area (Å²) in [6.45, 7) is 0.187. The molecule has 0 bridgehead atoms. The number of carbonyl (C=O) groups excluding carboxylic acids is 1. The molecule has 1 aromatic heterocycles. The molecule has 0 saturated carbocycles. The number of pyridine rings is 1. The number of thioether (sulfide) groups is 1. The van der Waals surface area contributed by atoms with Gasteiger partial charge < -0.3 is 10.4 Å². The average molecular weight is 275 g/mol. The predicted molar refractivity (Wildman–Crippen MR) is 57.2 cm³/mol. The molecule has 0 aromatic carbocycles. The molecule has 2 heterocycles. The van der Waals surface area contributed by atoms with Gasteiger partial charge in [-0.25, -0.2) is 4.98 Å². The average Bonchev–Trinajstić information content (AvgIpc) is 2.17. The molecule has 1 aliphatic rings. The van der Waals surface area contributed by atoms with Gasteiger partial charge in [0.2, 0.25) is 5.12 Å². The van der Waals surface area contributed by atoms with Crippen LogP contribution in [0.5, 0.6) is 0 Å². The van der Waals surface area contributed by atoms with Crippen molar-refractivity contribution in [3.05, 3.63) is 16.2 Å². The van der Waals surface area contributed by atoms with Gasteiger partial charge in [-0.1, -0.05) is 0 Å². The molecule has 2 N–H and O–H groups in total. The van der Waals surface area contributed by atoms with E-state index in [0.717, 1.165) is 21.9 Å². The third kappa shape index (κ3) is 1.77. The van der Waals surface area contributed by atoms with Crippen LogP contribution in [0.15, 0.2) is 15.6 Å². The third-order valence-corrected chi connectivity index (χ3v) is 3.36. The molecule has 2 rings (SSSR count). The smallest absolute Gasteiger partial charge is 0.214 e. The van der Waals surface area contributed by atoms with Gasteiger partial charge >= 0.3 is 0 Å². The fourth-order valence-electron chi connectivity index (χ4n) is 1.13. The van der Waals surface area contributed by atoms with E-state index in [2.05, 4.69) is 26.2 Å². The van der Waals surface area contributed by atoms with Crippen molar-refractivity contribution >= 4 is 38.5 Å². The Morgan fingerprint density at radius 3 is 3.21 bits per heavy atom. The molecule has 0 amide bonds. The second kappa shape index (κ2) is 3.88. The summed E-state index contributed by atoms with van der Waals surface area (Å²) in [6, 6.07) is 1.83. The van der Waals surface area contributed by atoms with Crippen LogP contribution in [0.25, 0.3) is 0 Å². The lowest BCUT2D eigenvalue weighted by molar-refractivity contribution is -0.109. The molecule has 1 aromatic rings. The van der Waals surface area contributed by atoms with Crippen molar-refractivity contribution in [3.63, 3.8) is 0 Å². The molecule has 0 fully saturated rings. The number of rotatable bonds is 1. The zero-order valence-electron chi connectivity index (χ0n) is 7.08. The van der Waals surface area contributed by atoms with Crippen molar-refractivity contribution in [2.45, 2.75) is 11.6 Å². The van der Waals surface area contributed by atoms with E-state index in [-0.39, 0.29) is 11.7 Å². The Balaban J connectivity index is 2.46. The lowest BCUT2D eigenvalue weighted by atomic mass is 10.3. The van der Waals surface area contributed by atoms with Crippen LogP contribution in [-0.2, 0) is 11.4 Å². The van der Waals surface area contributed by atoms with Gasteiger partial charge in [-0.2, -0.15) is 0 Å². The van der Waals surface area contributed by atoms with Gasteiger partial charge in [-0.15, -0.1) is 0 Å². The van der Waals surface area contributed by atoms with Crippen LogP contribution in [0, 0.1) is 0 Å². The summed E-state index contributed by atoms with van der Waals surface area (Å²) >= 11 is 4.40. The molecule has 74 valence electrons. The first-order chi connectivity index (χ1) is 6.70. The minimum absolute atomic E-state index is 0.0382. The van der Waals surface area contributed by atoms with Gasteiger partial charge in [0.25, 0.3) is 0 Å². The van der Waals surface area contributed by atoms with Crippen LogP contribution in [-0.4, -0.2) is 21.8 Å². The fourth-order valence-corrected chi connectivity index (χ4v) is 2.33. The number of carbonyl (C=O) groups is 1. The molecular formula is C8H7BrN2O2S. The summed E-state index contributed by atoms with van der Waals surface area (Å²) in [5, 5.41) is 12.6. The molecule has 14 heavy (non-hydrogen) atoms. The Morgan fingerprint density at radius 1 is 1.71 bits per heavy atom. The molecule has 0 unspecified atom stereocenters. The molecule has 0 aliphatic carbocycles. The summed E-state index contributed by atoms with van der Waals surface area (Å²) < 4.78 is 0.751. The number of nitrogens with one attached hydrogen (secondary N) is 1. The van der Waals surface area contributed by atoms with Gasteiger partial charge in [-0.3, -0.25) is 4.79 Å². The lowest BCUT2D eigenvalue weighted by Crippen LogP contribution is -2.17. The highest BCUT2D eigenvalue weighted by atomic mass is 79.9. The van der Waals surface area contributed by atoms with Crippen LogP contribution >= 0.6 is 27.7 Å². The lowest BCUT2D eigenvalue weighted by Gasteiger charge is -2.16. The Morgan fingerprint density at radius 2 is 2.50 bits per heavy atom. The maximum atomic E-state index is 11.1. The van der Waals surface area contributed by atoms with Crippen molar-refractivity contribution < 1.29 is 9.90 Å². The largest absolute Gasteiger partial charge is 0.390 e. The first-order valence-corrected chi connectivity index (χ1v) is 5.56. The molecule has 0 spiro atoms. The van der Waals surface area contributed by atoms with Crippen LogP contribution in [0.3, 0.4) is 0 Å². The van der Waals surface area contributed by atoms with Gasteiger partial charge in [0.15, 0.2) is 0 Å². The third-order valence-electron chi connectivity index (χ3n) is 1.80. The summed E-state index contributed by atoms with van der Waals surface area (Å²) in [7, 11) is 0. The first-order valence-electron chi connectivity index (χ1n) is 3.95. The predicted octanol–water partition coefficient (Wildman–Crippen LogP) is 1.38. The van der Waals surface area contributed by atoms with E-state index in [1.54, 1.807) is 0 Å². The zero-order valence-corrected chi connectivity index (χ0v) is 9.48. The highest BCUT2D eigenvalue weighted by Gasteiger charge is 2.18. The molecule has 6 heteroatoms. The normalized spacial score (nSPS) is 14.9. The van der Waals surface area contributed by atoms with E-state index in [4.69, 9.17) is 5.11 Å². The van der Waals surface area contributed by atoms with E-state index >= 15 is 0 Å². The zero-order chi connectivity index (χ0) is 10.1. The standard InChI is InChI=1S/C8H7BrN2O2S/c9-4-1-5-8(11-6(4)3-12)14-7(13)2-10-5/h1,10,12H,2-3H2.